The smallest absolute Gasteiger partial charge is 0.313 e. The van der Waals surface area contributed by atoms with Crippen LogP contribution in [0.3, 0.4) is 0 Å². The highest BCUT2D eigenvalue weighted by Crippen LogP contribution is 2.43. The molecule has 2 atom stereocenters. The number of hydrogen-bond donors (Lipinski definition) is 0. The van der Waals surface area contributed by atoms with Crippen molar-refractivity contribution in [3.63, 3.8) is 0 Å². The molecule has 7 heteroatoms. The molecule has 2 aliphatic rings. The minimum absolute atomic E-state index is 0.167. The molecule has 0 saturated carbocycles. The molecule has 5 nitrogen and oxygen atoms in total. The van der Waals surface area contributed by atoms with Crippen LogP contribution in [0.2, 0.25) is 0 Å². The molecule has 33 heavy (non-hydrogen) atoms. The number of esters is 1. The highest BCUT2D eigenvalue weighted by molar-refractivity contribution is 5.76. The summed E-state index contributed by atoms with van der Waals surface area (Å²) < 4.78 is 40.3. The molecule has 2 aromatic carbocycles. The third kappa shape index (κ3) is 5.36. The van der Waals surface area contributed by atoms with Gasteiger partial charge in [0.25, 0.3) is 5.92 Å². The number of ether oxygens (including phenoxy) is 2. The molecule has 2 heterocycles. The summed E-state index contributed by atoms with van der Waals surface area (Å²) in [4.78, 5) is 16.7. The van der Waals surface area contributed by atoms with E-state index in [1.165, 1.54) is 0 Å². The predicted molar refractivity (Wildman–Crippen MR) is 122 cm³/mol. The van der Waals surface area contributed by atoms with Gasteiger partial charge in [-0.25, -0.2) is 8.78 Å². The van der Waals surface area contributed by atoms with Gasteiger partial charge >= 0.3 is 5.97 Å². The van der Waals surface area contributed by atoms with E-state index in [2.05, 4.69) is 0 Å². The molecule has 178 valence electrons. The number of rotatable bonds is 8. The van der Waals surface area contributed by atoms with Gasteiger partial charge in [0.05, 0.1) is 25.0 Å². The van der Waals surface area contributed by atoms with Crippen LogP contribution < -0.4 is 4.74 Å². The lowest BCUT2D eigenvalue weighted by Crippen LogP contribution is -2.42. The van der Waals surface area contributed by atoms with Crippen LogP contribution in [-0.2, 0) is 22.7 Å². The van der Waals surface area contributed by atoms with Gasteiger partial charge in [-0.3, -0.25) is 9.69 Å². The van der Waals surface area contributed by atoms with Crippen LogP contribution in [0.5, 0.6) is 5.75 Å². The average Bonchev–Trinajstić information content (AvgIpc) is 3.31. The Morgan fingerprint density at radius 1 is 1.06 bits per heavy atom. The molecule has 4 rings (SSSR count). The lowest BCUT2D eigenvalue weighted by molar-refractivity contribution is -0.156. The lowest BCUT2D eigenvalue weighted by atomic mass is 9.93. The fourth-order valence-corrected chi connectivity index (χ4v) is 4.97. The lowest BCUT2D eigenvalue weighted by Gasteiger charge is -2.30. The molecule has 0 bridgehead atoms. The van der Waals surface area contributed by atoms with Crippen LogP contribution in [0.25, 0.3) is 0 Å². The summed E-state index contributed by atoms with van der Waals surface area (Å²) >= 11 is 0. The summed E-state index contributed by atoms with van der Waals surface area (Å²) in [5.74, 6) is -3.04. The number of benzene rings is 2. The van der Waals surface area contributed by atoms with E-state index < -0.39 is 17.3 Å². The monoisotopic (exact) mass is 458 g/mol. The predicted octanol–water partition coefficient (Wildman–Crippen LogP) is 4.22. The summed E-state index contributed by atoms with van der Waals surface area (Å²) in [7, 11) is 1.60. The molecule has 0 amide bonds. The number of nitrogens with zero attached hydrogens (tertiary/aromatic N) is 2. The molecular formula is C26H32F2N2O3. The van der Waals surface area contributed by atoms with E-state index in [9.17, 15) is 13.6 Å². The van der Waals surface area contributed by atoms with Crippen LogP contribution >= 0.6 is 0 Å². The second-order valence-corrected chi connectivity index (χ2v) is 9.83. The molecule has 2 fully saturated rings. The summed E-state index contributed by atoms with van der Waals surface area (Å²) in [5, 5.41) is 0. The second-order valence-electron chi connectivity index (χ2n) is 9.83. The number of carbonyl (C=O) groups is 1. The number of likely N-dealkylation sites (tertiary alicyclic amines) is 2. The molecule has 2 aliphatic heterocycles. The van der Waals surface area contributed by atoms with Gasteiger partial charge in [-0.1, -0.05) is 42.5 Å². The molecule has 0 aliphatic carbocycles. The van der Waals surface area contributed by atoms with Crippen molar-refractivity contribution in [3.05, 3.63) is 65.7 Å². The Kier molecular flexibility index (Phi) is 6.73. The quantitative estimate of drug-likeness (QED) is 0.555. The van der Waals surface area contributed by atoms with E-state index in [0.29, 0.717) is 19.6 Å². The molecule has 0 unspecified atom stereocenters. The first kappa shape index (κ1) is 23.6. The summed E-state index contributed by atoms with van der Waals surface area (Å²) in [6.07, 6.45) is 0. The fourth-order valence-electron chi connectivity index (χ4n) is 4.97. The van der Waals surface area contributed by atoms with Crippen molar-refractivity contribution >= 4 is 5.97 Å². The van der Waals surface area contributed by atoms with Crippen LogP contribution in [-0.4, -0.2) is 61.0 Å². The van der Waals surface area contributed by atoms with Crippen LogP contribution in [0.1, 0.15) is 25.0 Å². The van der Waals surface area contributed by atoms with Gasteiger partial charge in [-0.2, -0.15) is 0 Å². The van der Waals surface area contributed by atoms with Gasteiger partial charge in [0.2, 0.25) is 0 Å². The number of alkyl halides is 2. The van der Waals surface area contributed by atoms with Crippen molar-refractivity contribution in [1.29, 1.82) is 0 Å². The first-order valence-electron chi connectivity index (χ1n) is 11.4. The number of fused-ring (bicyclic) bond motifs is 1. The Balaban J connectivity index is 1.34. The zero-order chi connectivity index (χ0) is 23.6. The standard InChI is InChI=1S/C26H32F2N2O3/c1-25(2,24(31)33-16-20-9-11-21(32-3)12-10-20)17-29-14-22-23(15-29)30(18-26(22,27)28)13-19-7-5-4-6-8-19/h4-12,22-23H,13-18H2,1-3H3/t22-,23+/m0/s1. The van der Waals surface area contributed by atoms with Crippen molar-refractivity contribution in [2.45, 2.75) is 39.0 Å². The largest absolute Gasteiger partial charge is 0.497 e. The van der Waals surface area contributed by atoms with Gasteiger partial charge in [0, 0.05) is 32.2 Å². The molecular weight excluding hydrogens is 426 g/mol. The highest BCUT2D eigenvalue weighted by atomic mass is 19.3. The van der Waals surface area contributed by atoms with Crippen molar-refractivity contribution < 1.29 is 23.0 Å². The van der Waals surface area contributed by atoms with Gasteiger partial charge in [0.15, 0.2) is 0 Å². The van der Waals surface area contributed by atoms with Crippen molar-refractivity contribution in [2.75, 3.05) is 33.3 Å². The Labute approximate surface area is 194 Å². The third-order valence-corrected chi connectivity index (χ3v) is 6.72. The molecule has 0 spiro atoms. The van der Waals surface area contributed by atoms with E-state index in [-0.39, 0.29) is 31.7 Å². The molecule has 2 saturated heterocycles. The SMILES string of the molecule is COc1ccc(COC(=O)C(C)(C)CN2C[C@@H]3[C@H](C2)C(F)(F)CN3Cc2ccccc2)cc1. The van der Waals surface area contributed by atoms with E-state index in [0.717, 1.165) is 16.9 Å². The minimum atomic E-state index is -2.73. The van der Waals surface area contributed by atoms with Gasteiger partial charge in [0.1, 0.15) is 12.4 Å². The van der Waals surface area contributed by atoms with Crippen LogP contribution in [0.15, 0.2) is 54.6 Å². The topological polar surface area (TPSA) is 42.0 Å². The summed E-state index contributed by atoms with van der Waals surface area (Å²) in [5.41, 5.74) is 1.10. The van der Waals surface area contributed by atoms with Gasteiger partial charge < -0.3 is 14.4 Å². The Bertz CT molecular complexity index is 950. The van der Waals surface area contributed by atoms with Gasteiger partial charge in [-0.05, 0) is 37.1 Å². The molecule has 0 aromatic heterocycles. The van der Waals surface area contributed by atoms with Crippen molar-refractivity contribution in [3.8, 4) is 5.75 Å². The normalized spacial score (nSPS) is 22.8. The highest BCUT2D eigenvalue weighted by Gasteiger charge is 2.58. The fraction of sp³-hybridized carbons (Fsp3) is 0.500. The van der Waals surface area contributed by atoms with Crippen LogP contribution in [0.4, 0.5) is 8.78 Å². The Morgan fingerprint density at radius 2 is 1.76 bits per heavy atom. The zero-order valence-electron chi connectivity index (χ0n) is 19.5. The summed E-state index contributed by atoms with van der Waals surface area (Å²) in [6.45, 7) is 5.31. The van der Waals surface area contributed by atoms with E-state index >= 15 is 0 Å². The minimum Gasteiger partial charge on any atom is -0.497 e. The Hall–Kier alpha value is -2.51. The maximum atomic E-state index is 14.8. The first-order valence-corrected chi connectivity index (χ1v) is 11.4. The molecule has 0 radical (unpaired) electrons. The maximum Gasteiger partial charge on any atom is 0.313 e. The van der Waals surface area contributed by atoms with E-state index in [1.54, 1.807) is 7.11 Å². The number of carbonyl (C=O) groups excluding carboxylic acids is 1. The van der Waals surface area contributed by atoms with Crippen molar-refractivity contribution in [2.24, 2.45) is 11.3 Å². The van der Waals surface area contributed by atoms with E-state index in [4.69, 9.17) is 9.47 Å². The molecule has 0 N–H and O–H groups in total. The molecule has 2 aromatic rings. The number of methoxy groups -OCH3 is 1. The summed E-state index contributed by atoms with van der Waals surface area (Å²) in [6, 6.07) is 16.9. The third-order valence-electron chi connectivity index (χ3n) is 6.72. The number of halogens is 2. The van der Waals surface area contributed by atoms with E-state index in [1.807, 2.05) is 78.2 Å². The average molecular weight is 459 g/mol. The zero-order valence-corrected chi connectivity index (χ0v) is 19.5. The second kappa shape index (κ2) is 9.39. The number of hydrogen-bond acceptors (Lipinski definition) is 5. The Morgan fingerprint density at radius 3 is 2.42 bits per heavy atom. The van der Waals surface area contributed by atoms with Gasteiger partial charge in [-0.15, -0.1) is 0 Å². The van der Waals surface area contributed by atoms with Crippen molar-refractivity contribution in [1.82, 2.24) is 9.80 Å². The van der Waals surface area contributed by atoms with Crippen LogP contribution in [0, 0.1) is 11.3 Å². The maximum absolute atomic E-state index is 14.8. The first-order chi connectivity index (χ1) is 15.7.